The van der Waals surface area contributed by atoms with Gasteiger partial charge in [-0.05, 0) is 29.9 Å². The van der Waals surface area contributed by atoms with E-state index >= 15 is 0 Å². The van der Waals surface area contributed by atoms with Gasteiger partial charge < -0.3 is 4.90 Å². The second-order valence-electron chi connectivity index (χ2n) is 8.80. The minimum absolute atomic E-state index is 0.0755. The van der Waals surface area contributed by atoms with E-state index in [9.17, 15) is 22.0 Å². The molecule has 0 aliphatic carbocycles. The molecule has 7 nitrogen and oxygen atoms in total. The maximum absolute atomic E-state index is 13.2. The highest BCUT2D eigenvalue weighted by atomic mass is 19.4. The van der Waals surface area contributed by atoms with Gasteiger partial charge in [0, 0.05) is 38.9 Å². The van der Waals surface area contributed by atoms with Crippen LogP contribution in [0.5, 0.6) is 0 Å². The Hall–Kier alpha value is -2.89. The number of hydrogen-bond donors (Lipinski definition) is 0. The Bertz CT molecular complexity index is 1130. The second-order valence-corrected chi connectivity index (χ2v) is 8.80. The number of piperidine rings is 1. The summed E-state index contributed by atoms with van der Waals surface area (Å²) in [6.45, 7) is 2.60. The fourth-order valence-corrected chi connectivity index (χ4v) is 4.86. The van der Waals surface area contributed by atoms with Crippen molar-refractivity contribution in [2.24, 2.45) is 5.41 Å². The van der Waals surface area contributed by atoms with Crippen molar-refractivity contribution in [2.45, 2.75) is 38.5 Å². The van der Waals surface area contributed by atoms with Crippen molar-refractivity contribution in [2.75, 3.05) is 31.1 Å². The number of halogens is 5. The second kappa shape index (κ2) is 8.15. The summed E-state index contributed by atoms with van der Waals surface area (Å²) >= 11 is 0. The third-order valence-electron chi connectivity index (χ3n) is 6.46. The molecule has 2 aliphatic rings. The van der Waals surface area contributed by atoms with Gasteiger partial charge in [0.05, 0.1) is 12.4 Å². The molecule has 0 aromatic carbocycles. The van der Waals surface area contributed by atoms with E-state index < -0.39 is 24.8 Å². The molecule has 0 saturated carbocycles. The average molecular weight is 467 g/mol. The van der Waals surface area contributed by atoms with E-state index in [1.54, 1.807) is 6.20 Å². The summed E-state index contributed by atoms with van der Waals surface area (Å²) in [5.41, 5.74) is 0.254. The lowest BCUT2D eigenvalue weighted by molar-refractivity contribution is -0.142. The molecule has 2 fully saturated rings. The monoisotopic (exact) mass is 467 g/mol. The van der Waals surface area contributed by atoms with Gasteiger partial charge >= 0.3 is 6.18 Å². The summed E-state index contributed by atoms with van der Waals surface area (Å²) in [4.78, 5) is 16.4. The Morgan fingerprint density at radius 2 is 1.82 bits per heavy atom. The number of likely N-dealkylation sites (tertiary alicyclic amines) is 1. The van der Waals surface area contributed by atoms with Crippen LogP contribution in [-0.2, 0) is 19.3 Å². The van der Waals surface area contributed by atoms with Gasteiger partial charge in [-0.1, -0.05) is 6.07 Å². The summed E-state index contributed by atoms with van der Waals surface area (Å²) in [5.74, 6) is 0.620. The first kappa shape index (κ1) is 21.9. The maximum Gasteiger partial charge on any atom is 0.433 e. The van der Waals surface area contributed by atoms with Gasteiger partial charge in [-0.3, -0.25) is 9.88 Å². The molecule has 3 aromatic heterocycles. The van der Waals surface area contributed by atoms with Crippen LogP contribution in [0.25, 0.3) is 11.2 Å². The van der Waals surface area contributed by atoms with Crippen LogP contribution in [0.2, 0.25) is 0 Å². The van der Waals surface area contributed by atoms with Crippen molar-refractivity contribution in [1.82, 2.24) is 29.6 Å². The van der Waals surface area contributed by atoms with Crippen LogP contribution in [0.3, 0.4) is 0 Å². The minimum atomic E-state index is -4.46. The molecule has 0 atom stereocenters. The quantitative estimate of drug-likeness (QED) is 0.535. The van der Waals surface area contributed by atoms with Crippen LogP contribution >= 0.6 is 0 Å². The van der Waals surface area contributed by atoms with Gasteiger partial charge in [-0.25, -0.2) is 23.4 Å². The fraction of sp³-hybridized carbons (Fsp3) is 0.524. The highest BCUT2D eigenvalue weighted by molar-refractivity contribution is 5.71. The van der Waals surface area contributed by atoms with E-state index in [2.05, 4.69) is 25.0 Å². The largest absolute Gasteiger partial charge is 0.433 e. The molecule has 1 spiro atoms. The third-order valence-corrected chi connectivity index (χ3v) is 6.46. The van der Waals surface area contributed by atoms with Crippen molar-refractivity contribution in [1.29, 1.82) is 0 Å². The summed E-state index contributed by atoms with van der Waals surface area (Å²) in [5, 5.41) is 3.94. The number of rotatable bonds is 5. The van der Waals surface area contributed by atoms with Gasteiger partial charge in [0.25, 0.3) is 6.43 Å². The maximum atomic E-state index is 13.2. The first-order valence-corrected chi connectivity index (χ1v) is 10.7. The Kier molecular flexibility index (Phi) is 5.42. The van der Waals surface area contributed by atoms with Crippen molar-refractivity contribution >= 4 is 17.0 Å². The van der Waals surface area contributed by atoms with Crippen LogP contribution in [0.4, 0.5) is 27.8 Å². The van der Waals surface area contributed by atoms with Gasteiger partial charge in [-0.15, -0.1) is 0 Å². The Morgan fingerprint density at radius 1 is 1.06 bits per heavy atom. The zero-order valence-electron chi connectivity index (χ0n) is 17.6. The van der Waals surface area contributed by atoms with Gasteiger partial charge in [0.1, 0.15) is 23.6 Å². The predicted molar refractivity (Wildman–Crippen MR) is 110 cm³/mol. The van der Waals surface area contributed by atoms with Crippen molar-refractivity contribution in [3.63, 3.8) is 0 Å². The molecule has 5 rings (SSSR count). The molecule has 5 heterocycles. The molecule has 0 amide bonds. The number of nitrogens with zero attached hydrogens (tertiary/aromatic N) is 7. The topological polar surface area (TPSA) is 63.0 Å². The average Bonchev–Trinajstić information content (AvgIpc) is 3.14. The Morgan fingerprint density at radius 3 is 2.52 bits per heavy atom. The summed E-state index contributed by atoms with van der Waals surface area (Å²) in [6, 6.07) is 3.01. The summed E-state index contributed by atoms with van der Waals surface area (Å²) in [6.07, 6.45) is -1.03. The molecule has 12 heteroatoms. The predicted octanol–water partition coefficient (Wildman–Crippen LogP) is 3.61. The number of aromatic nitrogens is 5. The van der Waals surface area contributed by atoms with Crippen molar-refractivity contribution < 1.29 is 22.0 Å². The molecule has 2 aliphatic heterocycles. The molecule has 2 saturated heterocycles. The summed E-state index contributed by atoms with van der Waals surface area (Å²) in [7, 11) is 0. The molecule has 0 unspecified atom stereocenters. The minimum Gasteiger partial charge on any atom is -0.355 e. The van der Waals surface area contributed by atoms with E-state index in [4.69, 9.17) is 0 Å². The standard InChI is InChI=1S/C21H22F5N7/c22-16(23)11-33-19-15(8-29-33)28-9-17(30-19)32-6-3-20(4-7-32)12-31(13-20)10-14-2-1-5-27-18(14)21(24,25)26/h1-2,5,8-9,16H,3-4,6-7,10-13H2. The Labute approximate surface area is 186 Å². The number of hydrogen-bond acceptors (Lipinski definition) is 6. The first-order valence-electron chi connectivity index (χ1n) is 10.7. The van der Waals surface area contributed by atoms with Gasteiger partial charge in [0.15, 0.2) is 5.65 Å². The highest BCUT2D eigenvalue weighted by Crippen LogP contribution is 2.42. The lowest BCUT2D eigenvalue weighted by atomic mass is 9.72. The highest BCUT2D eigenvalue weighted by Gasteiger charge is 2.45. The zero-order valence-corrected chi connectivity index (χ0v) is 17.6. The number of pyridine rings is 1. The lowest BCUT2D eigenvalue weighted by Crippen LogP contribution is -2.60. The molecule has 0 bridgehead atoms. The molecular weight excluding hydrogens is 445 g/mol. The number of alkyl halides is 5. The SMILES string of the molecule is FC(F)Cn1ncc2ncc(N3CCC4(CC3)CN(Cc3cccnc3C(F)(F)F)C4)nc21. The van der Waals surface area contributed by atoms with Gasteiger partial charge in [0.2, 0.25) is 0 Å². The van der Waals surface area contributed by atoms with Crippen LogP contribution in [-0.4, -0.2) is 62.2 Å². The van der Waals surface area contributed by atoms with E-state index in [1.807, 2.05) is 4.90 Å². The van der Waals surface area contributed by atoms with E-state index in [0.717, 1.165) is 39.0 Å². The molecular formula is C21H22F5N7. The van der Waals surface area contributed by atoms with Crippen LogP contribution in [0, 0.1) is 5.41 Å². The van der Waals surface area contributed by atoms with Gasteiger partial charge in [-0.2, -0.15) is 18.3 Å². The number of fused-ring (bicyclic) bond motifs is 1. The first-order chi connectivity index (χ1) is 15.7. The smallest absolute Gasteiger partial charge is 0.355 e. The molecule has 0 N–H and O–H groups in total. The van der Waals surface area contributed by atoms with Crippen molar-refractivity contribution in [3.05, 3.63) is 42.0 Å². The summed E-state index contributed by atoms with van der Waals surface area (Å²) < 4.78 is 66.3. The molecule has 0 radical (unpaired) electrons. The normalized spacial score (nSPS) is 18.9. The van der Waals surface area contributed by atoms with E-state index in [1.165, 1.54) is 29.2 Å². The molecule has 33 heavy (non-hydrogen) atoms. The zero-order chi connectivity index (χ0) is 23.2. The molecule has 176 valence electrons. The van der Waals surface area contributed by atoms with Crippen LogP contribution in [0.15, 0.2) is 30.7 Å². The number of anilines is 1. The van der Waals surface area contributed by atoms with Crippen LogP contribution in [0.1, 0.15) is 24.1 Å². The van der Waals surface area contributed by atoms with Crippen LogP contribution < -0.4 is 4.90 Å². The van der Waals surface area contributed by atoms with Crippen molar-refractivity contribution in [3.8, 4) is 0 Å². The third kappa shape index (κ3) is 4.35. The van der Waals surface area contributed by atoms with E-state index in [-0.39, 0.29) is 17.5 Å². The lowest BCUT2D eigenvalue weighted by Gasteiger charge is -2.54. The Balaban J connectivity index is 1.21. The fourth-order valence-electron chi connectivity index (χ4n) is 4.86. The van der Waals surface area contributed by atoms with E-state index in [0.29, 0.717) is 17.0 Å². The molecule has 3 aromatic rings.